The molecule has 0 aromatic carbocycles. The van der Waals surface area contributed by atoms with Gasteiger partial charge in [0.25, 0.3) is 0 Å². The smallest absolute Gasteiger partial charge is 0.434 e. The minimum atomic E-state index is -0.472. The highest BCUT2D eigenvalue weighted by atomic mass is 16.5. The Kier molecular flexibility index (Phi) is 1.48. The van der Waals surface area contributed by atoms with Crippen LogP contribution in [0.3, 0.4) is 0 Å². The number of aromatic nitrogens is 2. The van der Waals surface area contributed by atoms with E-state index in [1.165, 1.54) is 19.5 Å². The molecule has 4 heteroatoms. The first-order chi connectivity index (χ1) is 4.34. The predicted molar refractivity (Wildman–Crippen MR) is 30.0 cm³/mol. The van der Waals surface area contributed by atoms with Gasteiger partial charge in [0.2, 0.25) is 0 Å². The van der Waals surface area contributed by atoms with Crippen molar-refractivity contribution in [3.8, 4) is 0 Å². The maximum absolute atomic E-state index is 10.6. The van der Waals surface area contributed by atoms with Crippen molar-refractivity contribution in [1.82, 2.24) is 9.78 Å². The van der Waals surface area contributed by atoms with Gasteiger partial charge in [-0.3, -0.25) is 0 Å². The molecule has 0 saturated carbocycles. The summed E-state index contributed by atoms with van der Waals surface area (Å²) in [5.74, 6) is 0. The molecule has 0 aliphatic carbocycles. The first-order valence-corrected chi connectivity index (χ1v) is 2.42. The fraction of sp³-hybridized carbons (Fsp3) is 0.200. The second kappa shape index (κ2) is 2.30. The molecule has 0 radical (unpaired) electrons. The van der Waals surface area contributed by atoms with E-state index in [0.717, 1.165) is 4.68 Å². The van der Waals surface area contributed by atoms with Crippen LogP contribution in [0.2, 0.25) is 0 Å². The summed E-state index contributed by atoms with van der Waals surface area (Å²) in [6.45, 7) is 0. The van der Waals surface area contributed by atoms with Crippen molar-refractivity contribution < 1.29 is 9.53 Å². The van der Waals surface area contributed by atoms with E-state index >= 15 is 0 Å². The minimum Gasteiger partial charge on any atom is -0.451 e. The molecule has 0 N–H and O–H groups in total. The summed E-state index contributed by atoms with van der Waals surface area (Å²) in [4.78, 5) is 10.6. The van der Waals surface area contributed by atoms with Gasteiger partial charge in [-0.25, -0.2) is 4.79 Å². The van der Waals surface area contributed by atoms with Crippen molar-refractivity contribution in [1.29, 1.82) is 0 Å². The molecular formula is C5H6N2O2. The molecule has 1 aromatic rings. The minimum absolute atomic E-state index is 0.472. The van der Waals surface area contributed by atoms with E-state index < -0.39 is 6.09 Å². The summed E-state index contributed by atoms with van der Waals surface area (Å²) in [5.41, 5.74) is 0. The van der Waals surface area contributed by atoms with Crippen LogP contribution in [0.15, 0.2) is 18.5 Å². The average molecular weight is 126 g/mol. The highest BCUT2D eigenvalue weighted by Gasteiger charge is 1.99. The van der Waals surface area contributed by atoms with Crippen LogP contribution in [0, 0.1) is 0 Å². The van der Waals surface area contributed by atoms with Crippen LogP contribution in [-0.4, -0.2) is 23.0 Å². The van der Waals surface area contributed by atoms with E-state index in [0.29, 0.717) is 0 Å². The van der Waals surface area contributed by atoms with Crippen LogP contribution in [-0.2, 0) is 4.74 Å². The summed E-state index contributed by atoms with van der Waals surface area (Å²) in [7, 11) is 1.31. The second-order valence-electron chi connectivity index (χ2n) is 1.42. The summed E-state index contributed by atoms with van der Waals surface area (Å²) in [6, 6.07) is 1.65. The van der Waals surface area contributed by atoms with Crippen LogP contribution in [0.4, 0.5) is 4.79 Å². The lowest BCUT2D eigenvalue weighted by Gasteiger charge is -1.93. The van der Waals surface area contributed by atoms with Gasteiger partial charge in [0.15, 0.2) is 0 Å². The molecule has 0 aliphatic heterocycles. The molecule has 1 heterocycles. The van der Waals surface area contributed by atoms with E-state index in [-0.39, 0.29) is 0 Å². The Morgan fingerprint density at radius 3 is 3.00 bits per heavy atom. The van der Waals surface area contributed by atoms with Crippen LogP contribution in [0.25, 0.3) is 0 Å². The molecule has 9 heavy (non-hydrogen) atoms. The zero-order valence-corrected chi connectivity index (χ0v) is 4.94. The Balaban J connectivity index is 2.77. The summed E-state index contributed by atoms with van der Waals surface area (Å²) < 4.78 is 5.47. The zero-order valence-electron chi connectivity index (χ0n) is 4.94. The highest BCUT2D eigenvalue weighted by molar-refractivity contribution is 5.68. The van der Waals surface area contributed by atoms with E-state index in [2.05, 4.69) is 9.84 Å². The van der Waals surface area contributed by atoms with Gasteiger partial charge in [-0.05, 0) is 6.07 Å². The summed E-state index contributed by atoms with van der Waals surface area (Å²) in [6.07, 6.45) is 2.56. The molecule has 0 saturated heterocycles. The van der Waals surface area contributed by atoms with Gasteiger partial charge in [0, 0.05) is 12.4 Å². The van der Waals surface area contributed by atoms with E-state index in [1.807, 2.05) is 0 Å². The van der Waals surface area contributed by atoms with Crippen molar-refractivity contribution in [3.63, 3.8) is 0 Å². The van der Waals surface area contributed by atoms with E-state index in [4.69, 9.17) is 0 Å². The molecule has 0 amide bonds. The van der Waals surface area contributed by atoms with Crippen LogP contribution >= 0.6 is 0 Å². The third kappa shape index (κ3) is 1.07. The third-order valence-corrected chi connectivity index (χ3v) is 0.866. The van der Waals surface area contributed by atoms with Crippen molar-refractivity contribution >= 4 is 6.09 Å². The highest BCUT2D eigenvalue weighted by Crippen LogP contribution is 1.84. The van der Waals surface area contributed by atoms with Gasteiger partial charge in [-0.1, -0.05) is 0 Å². The number of hydrogen-bond acceptors (Lipinski definition) is 3. The lowest BCUT2D eigenvalue weighted by atomic mass is 10.8. The topological polar surface area (TPSA) is 44.1 Å². The van der Waals surface area contributed by atoms with Gasteiger partial charge >= 0.3 is 6.09 Å². The normalized spacial score (nSPS) is 9.00. The summed E-state index contributed by atoms with van der Waals surface area (Å²) >= 11 is 0. The molecule has 1 rings (SSSR count). The molecule has 0 unspecified atom stereocenters. The molecule has 0 bridgehead atoms. The molecule has 1 aromatic heterocycles. The Morgan fingerprint density at radius 1 is 1.78 bits per heavy atom. The Hall–Kier alpha value is -1.32. The Labute approximate surface area is 52.0 Å². The fourth-order valence-corrected chi connectivity index (χ4v) is 0.470. The lowest BCUT2D eigenvalue weighted by molar-refractivity contribution is 0.169. The van der Waals surface area contributed by atoms with Gasteiger partial charge in [0.05, 0.1) is 7.11 Å². The van der Waals surface area contributed by atoms with Crippen LogP contribution in [0.5, 0.6) is 0 Å². The number of nitrogens with zero attached hydrogens (tertiary/aromatic N) is 2. The van der Waals surface area contributed by atoms with Crippen molar-refractivity contribution in [3.05, 3.63) is 18.5 Å². The molecule has 0 atom stereocenters. The third-order valence-electron chi connectivity index (χ3n) is 0.866. The van der Waals surface area contributed by atoms with Crippen molar-refractivity contribution in [2.45, 2.75) is 0 Å². The predicted octanol–water partition coefficient (Wildman–Crippen LogP) is 0.498. The van der Waals surface area contributed by atoms with Gasteiger partial charge in [-0.15, -0.1) is 0 Å². The molecule has 0 fully saturated rings. The Bertz CT molecular complexity index is 193. The maximum Gasteiger partial charge on any atom is 0.434 e. The Morgan fingerprint density at radius 2 is 2.56 bits per heavy atom. The first kappa shape index (κ1) is 5.81. The molecule has 48 valence electrons. The largest absolute Gasteiger partial charge is 0.451 e. The number of rotatable bonds is 0. The molecule has 0 aliphatic rings. The van der Waals surface area contributed by atoms with Crippen LogP contribution < -0.4 is 0 Å². The first-order valence-electron chi connectivity index (χ1n) is 2.42. The number of carbonyl (C=O) groups is 1. The molecule has 0 spiro atoms. The van der Waals surface area contributed by atoms with Crippen LogP contribution in [0.1, 0.15) is 0 Å². The SMILES string of the molecule is COC(=O)n1cccn1. The molecule has 4 nitrogen and oxygen atoms in total. The standard InChI is InChI=1S/C5H6N2O2/c1-9-5(8)7-4-2-3-6-7/h2-4H,1H3. The summed E-state index contributed by atoms with van der Waals surface area (Å²) in [5, 5.41) is 3.63. The number of hydrogen-bond donors (Lipinski definition) is 0. The number of ether oxygens (including phenoxy) is 1. The quantitative estimate of drug-likeness (QED) is 0.508. The van der Waals surface area contributed by atoms with Gasteiger partial charge in [0.1, 0.15) is 0 Å². The maximum atomic E-state index is 10.6. The monoisotopic (exact) mass is 126 g/mol. The van der Waals surface area contributed by atoms with Crippen molar-refractivity contribution in [2.75, 3.05) is 7.11 Å². The van der Waals surface area contributed by atoms with Gasteiger partial charge in [-0.2, -0.15) is 9.78 Å². The second-order valence-corrected chi connectivity index (χ2v) is 1.42. The van der Waals surface area contributed by atoms with Crippen molar-refractivity contribution in [2.24, 2.45) is 0 Å². The average Bonchev–Trinajstić information content (AvgIpc) is 2.37. The van der Waals surface area contributed by atoms with E-state index in [9.17, 15) is 4.79 Å². The molecular weight excluding hydrogens is 120 g/mol. The van der Waals surface area contributed by atoms with E-state index in [1.54, 1.807) is 6.07 Å². The number of carbonyl (C=O) groups excluding carboxylic acids is 1. The zero-order chi connectivity index (χ0) is 6.69. The number of methoxy groups -OCH3 is 1. The lowest BCUT2D eigenvalue weighted by Crippen LogP contribution is -2.10. The van der Waals surface area contributed by atoms with Gasteiger partial charge < -0.3 is 4.74 Å². The fourth-order valence-electron chi connectivity index (χ4n) is 0.470.